The lowest BCUT2D eigenvalue weighted by molar-refractivity contribution is -0.137. The Labute approximate surface area is 132 Å². The van der Waals surface area contributed by atoms with Crippen molar-refractivity contribution in [2.75, 3.05) is 18.9 Å². The number of aromatic amines is 1. The lowest BCUT2D eigenvalue weighted by Gasteiger charge is -2.12. The van der Waals surface area contributed by atoms with E-state index in [4.69, 9.17) is 4.74 Å². The van der Waals surface area contributed by atoms with Gasteiger partial charge in [-0.3, -0.25) is 14.5 Å². The number of amides is 2. The van der Waals surface area contributed by atoms with Crippen LogP contribution in [0.5, 0.6) is 5.75 Å². The number of hydrogen-bond donors (Lipinski definition) is 1. The summed E-state index contributed by atoms with van der Waals surface area (Å²) in [7, 11) is 0. The van der Waals surface area contributed by atoms with Crippen LogP contribution in [0.3, 0.4) is 0 Å². The Hall–Kier alpha value is -2.02. The fraction of sp³-hybridized carbons (Fsp3) is 0.400. The molecule has 1 aromatic heterocycles. The maximum absolute atomic E-state index is 11.5. The molecule has 116 valence electrons. The van der Waals surface area contributed by atoms with Crippen LogP contribution in [0.4, 0.5) is 0 Å². The molecule has 0 saturated carbocycles. The molecule has 6 nitrogen and oxygen atoms in total. The van der Waals surface area contributed by atoms with Gasteiger partial charge >= 0.3 is 0 Å². The summed E-state index contributed by atoms with van der Waals surface area (Å²) >= 11 is 1.50. The zero-order valence-corrected chi connectivity index (χ0v) is 13.1. The predicted molar refractivity (Wildman–Crippen MR) is 83.9 cm³/mol. The average Bonchev–Trinajstić information content (AvgIpc) is 3.04. The van der Waals surface area contributed by atoms with Crippen molar-refractivity contribution >= 4 is 34.6 Å². The van der Waals surface area contributed by atoms with Crippen molar-refractivity contribution in [2.24, 2.45) is 0 Å². The van der Waals surface area contributed by atoms with Crippen LogP contribution in [0, 0.1) is 0 Å². The lowest BCUT2D eigenvalue weighted by atomic mass is 10.3. The second-order valence-corrected chi connectivity index (χ2v) is 6.03. The number of carbonyl (C=O) groups is 2. The molecule has 1 N–H and O–H groups in total. The molecule has 0 spiro atoms. The molecule has 1 aliphatic heterocycles. The molecule has 22 heavy (non-hydrogen) atoms. The van der Waals surface area contributed by atoms with Gasteiger partial charge in [-0.2, -0.15) is 0 Å². The van der Waals surface area contributed by atoms with E-state index in [2.05, 4.69) is 9.97 Å². The van der Waals surface area contributed by atoms with E-state index in [1.165, 1.54) is 16.7 Å². The van der Waals surface area contributed by atoms with Gasteiger partial charge in [0, 0.05) is 31.2 Å². The maximum atomic E-state index is 11.5. The minimum Gasteiger partial charge on any atom is -0.494 e. The number of thioether (sulfide) groups is 1. The average molecular weight is 319 g/mol. The molecule has 1 aromatic carbocycles. The van der Waals surface area contributed by atoms with Gasteiger partial charge in [-0.25, -0.2) is 4.98 Å². The third-order valence-electron chi connectivity index (χ3n) is 3.45. The zero-order valence-electron chi connectivity index (χ0n) is 12.3. The molecule has 0 unspecified atom stereocenters. The third-order valence-corrected chi connectivity index (χ3v) is 4.30. The number of carbonyl (C=O) groups excluding carboxylic acids is 2. The number of likely N-dealkylation sites (tertiary alicyclic amines) is 1. The van der Waals surface area contributed by atoms with E-state index < -0.39 is 0 Å². The van der Waals surface area contributed by atoms with E-state index in [-0.39, 0.29) is 11.8 Å². The SMILES string of the molecule is CCOc1ccc2nc(SCCN3C(=O)CCC3=O)[nH]c2c1. The summed E-state index contributed by atoms with van der Waals surface area (Å²) in [5, 5.41) is 0.780. The molecule has 2 amide bonds. The second-order valence-electron chi connectivity index (χ2n) is 4.94. The summed E-state index contributed by atoms with van der Waals surface area (Å²) in [4.78, 5) is 32.1. The van der Waals surface area contributed by atoms with E-state index >= 15 is 0 Å². The maximum Gasteiger partial charge on any atom is 0.229 e. The Morgan fingerprint density at radius 3 is 2.82 bits per heavy atom. The van der Waals surface area contributed by atoms with Gasteiger partial charge in [0.1, 0.15) is 5.75 Å². The Morgan fingerprint density at radius 2 is 2.09 bits per heavy atom. The Morgan fingerprint density at radius 1 is 1.32 bits per heavy atom. The van der Waals surface area contributed by atoms with Crippen molar-refractivity contribution in [3.8, 4) is 5.75 Å². The van der Waals surface area contributed by atoms with Crippen LogP contribution in [0.2, 0.25) is 0 Å². The highest BCUT2D eigenvalue weighted by atomic mass is 32.2. The number of hydrogen-bond acceptors (Lipinski definition) is 5. The molecule has 2 aromatic rings. The molecule has 1 fully saturated rings. The highest BCUT2D eigenvalue weighted by Gasteiger charge is 2.28. The number of rotatable bonds is 6. The molecule has 0 atom stereocenters. The van der Waals surface area contributed by atoms with E-state index in [9.17, 15) is 9.59 Å². The number of H-pyrrole nitrogens is 1. The molecule has 0 bridgehead atoms. The van der Waals surface area contributed by atoms with Gasteiger partial charge in [0.05, 0.1) is 17.6 Å². The van der Waals surface area contributed by atoms with Crippen LogP contribution in [0.25, 0.3) is 11.0 Å². The van der Waals surface area contributed by atoms with Gasteiger partial charge in [0.15, 0.2) is 5.16 Å². The summed E-state index contributed by atoms with van der Waals surface area (Å²) in [6.07, 6.45) is 0.683. The van der Waals surface area contributed by atoms with Crippen LogP contribution in [0.15, 0.2) is 23.4 Å². The lowest BCUT2D eigenvalue weighted by Crippen LogP contribution is -2.31. The first-order chi connectivity index (χ1) is 10.7. The standard InChI is InChI=1S/C15H17N3O3S/c1-2-21-10-3-4-11-12(9-10)17-15(16-11)22-8-7-18-13(19)5-6-14(18)20/h3-4,9H,2,5-8H2,1H3,(H,16,17). The normalized spacial score (nSPS) is 15.0. The number of fused-ring (bicyclic) bond motifs is 1. The van der Waals surface area contributed by atoms with Crippen molar-refractivity contribution in [1.29, 1.82) is 0 Å². The fourth-order valence-corrected chi connectivity index (χ4v) is 3.21. The molecular weight excluding hydrogens is 302 g/mol. The first kappa shape index (κ1) is 14.9. The number of nitrogens with one attached hydrogen (secondary N) is 1. The molecule has 1 saturated heterocycles. The van der Waals surface area contributed by atoms with Crippen LogP contribution in [0.1, 0.15) is 19.8 Å². The first-order valence-electron chi connectivity index (χ1n) is 7.26. The molecule has 1 aliphatic rings. The van der Waals surface area contributed by atoms with Gasteiger partial charge in [0.25, 0.3) is 0 Å². The van der Waals surface area contributed by atoms with E-state index in [0.717, 1.165) is 21.9 Å². The summed E-state index contributed by atoms with van der Waals surface area (Å²) < 4.78 is 5.46. The molecule has 0 aliphatic carbocycles. The molecule has 2 heterocycles. The summed E-state index contributed by atoms with van der Waals surface area (Å²) in [5.41, 5.74) is 1.79. The highest BCUT2D eigenvalue weighted by molar-refractivity contribution is 7.99. The number of nitrogens with zero attached hydrogens (tertiary/aromatic N) is 2. The molecule has 0 radical (unpaired) electrons. The quantitative estimate of drug-likeness (QED) is 0.652. The van der Waals surface area contributed by atoms with E-state index in [0.29, 0.717) is 31.7 Å². The number of ether oxygens (including phenoxy) is 1. The Kier molecular flexibility index (Phi) is 4.33. The smallest absolute Gasteiger partial charge is 0.229 e. The second kappa shape index (κ2) is 6.39. The largest absolute Gasteiger partial charge is 0.494 e. The Balaban J connectivity index is 1.62. The number of imide groups is 1. The van der Waals surface area contributed by atoms with Crippen molar-refractivity contribution < 1.29 is 14.3 Å². The predicted octanol–water partition coefficient (Wildman–Crippen LogP) is 2.20. The molecule has 3 rings (SSSR count). The van der Waals surface area contributed by atoms with Gasteiger partial charge in [-0.05, 0) is 19.1 Å². The van der Waals surface area contributed by atoms with E-state index in [1.807, 2.05) is 25.1 Å². The highest BCUT2D eigenvalue weighted by Crippen LogP contribution is 2.23. The summed E-state index contributed by atoms with van der Waals surface area (Å²) in [5.74, 6) is 1.30. The number of aromatic nitrogens is 2. The molecule has 7 heteroatoms. The fourth-order valence-electron chi connectivity index (χ4n) is 2.40. The van der Waals surface area contributed by atoms with Gasteiger partial charge in [0.2, 0.25) is 11.8 Å². The van der Waals surface area contributed by atoms with Crippen molar-refractivity contribution in [3.05, 3.63) is 18.2 Å². The minimum absolute atomic E-state index is 0.0726. The monoisotopic (exact) mass is 319 g/mol. The van der Waals surface area contributed by atoms with Crippen molar-refractivity contribution in [3.63, 3.8) is 0 Å². The van der Waals surface area contributed by atoms with E-state index in [1.54, 1.807) is 0 Å². The van der Waals surface area contributed by atoms with Crippen molar-refractivity contribution in [1.82, 2.24) is 14.9 Å². The van der Waals surface area contributed by atoms with Gasteiger partial charge in [-0.15, -0.1) is 0 Å². The number of imidazole rings is 1. The van der Waals surface area contributed by atoms with Gasteiger partial charge < -0.3 is 9.72 Å². The van der Waals surface area contributed by atoms with Crippen LogP contribution in [-0.4, -0.2) is 45.6 Å². The number of benzene rings is 1. The van der Waals surface area contributed by atoms with Crippen LogP contribution >= 0.6 is 11.8 Å². The third kappa shape index (κ3) is 3.09. The first-order valence-corrected chi connectivity index (χ1v) is 8.24. The summed E-state index contributed by atoms with van der Waals surface area (Å²) in [6, 6.07) is 5.72. The van der Waals surface area contributed by atoms with Crippen LogP contribution < -0.4 is 4.74 Å². The Bertz CT molecular complexity index is 697. The summed E-state index contributed by atoms with van der Waals surface area (Å²) in [6.45, 7) is 3.00. The zero-order chi connectivity index (χ0) is 15.5. The van der Waals surface area contributed by atoms with Gasteiger partial charge in [-0.1, -0.05) is 11.8 Å². The minimum atomic E-state index is -0.0726. The molecular formula is C15H17N3O3S. The van der Waals surface area contributed by atoms with Crippen molar-refractivity contribution in [2.45, 2.75) is 24.9 Å². The van der Waals surface area contributed by atoms with Crippen LogP contribution in [-0.2, 0) is 9.59 Å². The topological polar surface area (TPSA) is 75.3 Å².